The van der Waals surface area contributed by atoms with E-state index in [9.17, 15) is 0 Å². The fraction of sp³-hybridized carbons (Fsp3) is 0. The molecule has 2 aliphatic heterocycles. The Morgan fingerprint density at radius 3 is 1.31 bits per heavy atom. The van der Waals surface area contributed by atoms with E-state index >= 15 is 0 Å². The summed E-state index contributed by atoms with van der Waals surface area (Å²) in [5, 5.41) is 4.57. The molecule has 11 aromatic carbocycles. The third-order valence-corrected chi connectivity index (χ3v) is 16.2. The van der Waals surface area contributed by atoms with Gasteiger partial charge in [-0.2, -0.15) is 9.97 Å². The Kier molecular flexibility index (Phi) is 13.0. The Labute approximate surface area is 509 Å². The summed E-state index contributed by atoms with van der Waals surface area (Å²) < 4.78 is 0. The van der Waals surface area contributed by atoms with Crippen LogP contribution in [0.3, 0.4) is 0 Å². The van der Waals surface area contributed by atoms with E-state index < -0.39 is 0 Å². The summed E-state index contributed by atoms with van der Waals surface area (Å²) in [6.07, 6.45) is 1.85. The topological polar surface area (TPSA) is 96.7 Å². The van der Waals surface area contributed by atoms with Crippen LogP contribution >= 0.6 is 0 Å². The number of hydrogen-bond donors (Lipinski definition) is 0. The highest BCUT2D eigenvalue weighted by Gasteiger charge is 2.31. The van der Waals surface area contributed by atoms with E-state index in [0.29, 0.717) is 23.4 Å². The molecule has 0 aliphatic carbocycles. The van der Waals surface area contributed by atoms with Crippen molar-refractivity contribution >= 4 is 55.9 Å². The molecule has 88 heavy (non-hydrogen) atoms. The van der Waals surface area contributed by atoms with Crippen molar-refractivity contribution in [2.45, 2.75) is 0 Å². The maximum atomic E-state index is 5.27. The molecule has 6 heterocycles. The van der Waals surface area contributed by atoms with E-state index in [1.165, 1.54) is 5.56 Å². The van der Waals surface area contributed by atoms with Gasteiger partial charge in [0.25, 0.3) is 0 Å². The second-order valence-electron chi connectivity index (χ2n) is 21.7. The van der Waals surface area contributed by atoms with Crippen LogP contribution in [0.25, 0.3) is 123 Å². The van der Waals surface area contributed by atoms with Gasteiger partial charge in [0, 0.05) is 67.2 Å². The Hall–Kier alpha value is -12.1. The van der Waals surface area contributed by atoms with Crippen molar-refractivity contribution in [1.82, 2.24) is 34.9 Å². The van der Waals surface area contributed by atoms with Crippen molar-refractivity contribution in [3.05, 3.63) is 310 Å². The monoisotopic (exact) mass is 1130 g/mol. The number of hydrogen-bond acceptors (Lipinski definition) is 9. The molecule has 0 saturated heterocycles. The average molecular weight is 1130 g/mol. The van der Waals surface area contributed by atoms with Crippen LogP contribution in [0.4, 0.5) is 34.4 Å². The molecule has 0 spiro atoms. The van der Waals surface area contributed by atoms with E-state index in [4.69, 9.17) is 34.9 Å². The molecule has 0 radical (unpaired) electrons. The first-order valence-electron chi connectivity index (χ1n) is 29.4. The van der Waals surface area contributed by atoms with Gasteiger partial charge in [-0.1, -0.05) is 237 Å². The lowest BCUT2D eigenvalue weighted by Crippen LogP contribution is -2.19. The van der Waals surface area contributed by atoms with Gasteiger partial charge < -0.3 is 4.90 Å². The van der Waals surface area contributed by atoms with Crippen LogP contribution < -0.4 is 9.80 Å². The van der Waals surface area contributed by atoms with Crippen molar-refractivity contribution in [2.24, 2.45) is 0 Å². The lowest BCUT2D eigenvalue weighted by molar-refractivity contribution is 1.02. The Balaban J connectivity index is 0.000000143. The molecular weight excluding hydrogens is 1070 g/mol. The normalized spacial score (nSPS) is 11.8. The van der Waals surface area contributed by atoms with Gasteiger partial charge in [0.05, 0.1) is 51.2 Å². The highest BCUT2D eigenvalue weighted by atomic mass is 15.3. The predicted octanol–water partition coefficient (Wildman–Crippen LogP) is 20.0. The van der Waals surface area contributed by atoms with E-state index in [-0.39, 0.29) is 0 Å². The number of para-hydroxylation sites is 1. The van der Waals surface area contributed by atoms with Crippen LogP contribution in [-0.2, 0) is 0 Å². The third kappa shape index (κ3) is 9.46. The van der Waals surface area contributed by atoms with Gasteiger partial charge >= 0.3 is 0 Å². The molecule has 412 valence electrons. The molecular formula is C79H51N9. The van der Waals surface area contributed by atoms with E-state index in [2.05, 4.69) is 198 Å². The molecule has 4 aromatic heterocycles. The predicted molar refractivity (Wildman–Crippen MR) is 358 cm³/mol. The summed E-state index contributed by atoms with van der Waals surface area (Å²) in [6, 6.07) is 105. The van der Waals surface area contributed by atoms with Crippen LogP contribution in [0.15, 0.2) is 310 Å². The minimum Gasteiger partial charge on any atom is -0.309 e. The summed E-state index contributed by atoms with van der Waals surface area (Å²) >= 11 is 0. The molecule has 0 amide bonds. The molecule has 9 nitrogen and oxygen atoms in total. The largest absolute Gasteiger partial charge is 0.309 e. The van der Waals surface area contributed by atoms with Crippen LogP contribution in [0.5, 0.6) is 0 Å². The number of benzene rings is 11. The Morgan fingerprint density at radius 1 is 0.239 bits per heavy atom. The average Bonchev–Trinajstić information content (AvgIpc) is 1.55. The zero-order valence-corrected chi connectivity index (χ0v) is 47.5. The van der Waals surface area contributed by atoms with Gasteiger partial charge in [-0.3, -0.25) is 9.88 Å². The molecule has 0 unspecified atom stereocenters. The number of fused-ring (bicyclic) bond motifs is 4. The van der Waals surface area contributed by atoms with Gasteiger partial charge in [0.2, 0.25) is 5.95 Å². The number of nitrogens with zero attached hydrogens (tertiary/aromatic N) is 9. The van der Waals surface area contributed by atoms with Gasteiger partial charge in [-0.05, 0) is 88.6 Å². The quantitative estimate of drug-likeness (QED) is 0.140. The van der Waals surface area contributed by atoms with Gasteiger partial charge in [0.1, 0.15) is 0 Å². The molecule has 9 heteroatoms. The van der Waals surface area contributed by atoms with Crippen molar-refractivity contribution in [1.29, 1.82) is 0 Å². The lowest BCUT2D eigenvalue weighted by Gasteiger charge is -2.33. The summed E-state index contributed by atoms with van der Waals surface area (Å²) in [7, 11) is 0. The number of aromatic nitrogens is 7. The lowest BCUT2D eigenvalue weighted by atomic mass is 9.90. The molecule has 0 saturated carbocycles. The Bertz CT molecular complexity index is 4970. The highest BCUT2D eigenvalue weighted by molar-refractivity contribution is 6.15. The summed E-state index contributed by atoms with van der Waals surface area (Å²) in [5.41, 5.74) is 20.4. The molecule has 0 N–H and O–H groups in total. The minimum absolute atomic E-state index is 0.553. The van der Waals surface area contributed by atoms with Crippen molar-refractivity contribution < 1.29 is 0 Å². The summed E-state index contributed by atoms with van der Waals surface area (Å²) in [4.78, 5) is 39.8. The van der Waals surface area contributed by atoms with Crippen LogP contribution in [0.2, 0.25) is 0 Å². The van der Waals surface area contributed by atoms with Crippen LogP contribution in [0.1, 0.15) is 0 Å². The molecule has 0 fully saturated rings. The minimum atomic E-state index is 0.553. The van der Waals surface area contributed by atoms with Crippen LogP contribution in [0, 0.1) is 0 Å². The van der Waals surface area contributed by atoms with Crippen LogP contribution in [-0.4, -0.2) is 34.9 Å². The van der Waals surface area contributed by atoms with Crippen molar-refractivity contribution in [3.8, 4) is 102 Å². The smallest absolute Gasteiger partial charge is 0.238 e. The first kappa shape index (κ1) is 51.6. The number of pyridine rings is 2. The second-order valence-corrected chi connectivity index (χ2v) is 21.7. The first-order valence-corrected chi connectivity index (χ1v) is 29.4. The van der Waals surface area contributed by atoms with Gasteiger partial charge in [-0.15, -0.1) is 0 Å². The standard InChI is InChI=1S/C43H28N4.C36H23N5/c1-4-14-29(15-5-1)36-27-32-20-13-25-40-41(32)42(44-36)35-23-10-11-24-39(35)47(40)34-22-12-21-33(26-34)43-45-37(30-16-6-2-7-17-30)28-38(46-43)31-18-8-3-9-19-31;1-4-12-24(13-5-1)28-22-27-18-10-19-30-32(27)29(23-28)33-31(20-11-21-37-33)41(30)36-39-34(25-14-6-2-7-15-25)38-35(40-36)26-16-8-3-9-17-26/h1-28H;1-23H. The maximum Gasteiger partial charge on any atom is 0.238 e. The SMILES string of the molecule is c1ccc(-c2cc(-c3ccccc3)nc(-c3cccc(N4c5ccccc5-c5nc(-c6ccccc6)cc6cccc4c56)c3)n2)cc1.c1ccc(-c2cc3c4c(cccc4c2)N(c2nc(-c4ccccc4)nc(-c4ccccc4)n2)c2cccnc2-3)cc1. The fourth-order valence-electron chi connectivity index (χ4n) is 12.2. The second kappa shape index (κ2) is 22.2. The Morgan fingerprint density at radius 2 is 0.705 bits per heavy atom. The maximum absolute atomic E-state index is 5.27. The third-order valence-electron chi connectivity index (χ3n) is 16.2. The zero-order chi connectivity index (χ0) is 58.3. The number of rotatable bonds is 9. The molecule has 17 rings (SSSR count). The fourth-order valence-corrected chi connectivity index (χ4v) is 12.2. The highest BCUT2D eigenvalue weighted by Crippen LogP contribution is 2.53. The zero-order valence-electron chi connectivity index (χ0n) is 47.5. The van der Waals surface area contributed by atoms with E-state index in [0.717, 1.165) is 129 Å². The molecule has 0 atom stereocenters. The first-order chi connectivity index (χ1) is 43.6. The van der Waals surface area contributed by atoms with E-state index in [1.54, 1.807) is 0 Å². The van der Waals surface area contributed by atoms with Gasteiger partial charge in [0.15, 0.2) is 17.5 Å². The van der Waals surface area contributed by atoms with Gasteiger partial charge in [-0.25, -0.2) is 19.9 Å². The molecule has 2 aliphatic rings. The summed E-state index contributed by atoms with van der Waals surface area (Å²) in [6.45, 7) is 0. The van der Waals surface area contributed by atoms with Crippen molar-refractivity contribution in [2.75, 3.05) is 9.80 Å². The van der Waals surface area contributed by atoms with E-state index in [1.807, 2.05) is 121 Å². The molecule has 0 bridgehead atoms. The number of anilines is 6. The van der Waals surface area contributed by atoms with Crippen molar-refractivity contribution in [3.63, 3.8) is 0 Å². The molecule has 15 aromatic rings. The summed E-state index contributed by atoms with van der Waals surface area (Å²) in [5.74, 6) is 2.48.